The summed E-state index contributed by atoms with van der Waals surface area (Å²) in [4.78, 5) is 20.2. The summed E-state index contributed by atoms with van der Waals surface area (Å²) in [5, 5.41) is 6.31. The summed E-state index contributed by atoms with van der Waals surface area (Å²) in [6.07, 6.45) is -2.27. The summed E-state index contributed by atoms with van der Waals surface area (Å²) in [7, 11) is 3.87. The highest BCUT2D eigenvalue weighted by Gasteiger charge is 2.34. The van der Waals surface area contributed by atoms with Crippen molar-refractivity contribution in [3.05, 3.63) is 36.0 Å². The Kier molecular flexibility index (Phi) is 6.70. The molecule has 0 bridgehead atoms. The fraction of sp³-hybridized carbons (Fsp3) is 0.524. The van der Waals surface area contributed by atoms with Gasteiger partial charge in [0.2, 0.25) is 0 Å². The number of urea groups is 1. The standard InChI is InChI=1S/C21H28F3N5O/c1-14-11-15(27-20(30)26-9-10-28(2)3)13-29(12-14)18-7-6-17(21(22,23)24)19-16(18)5-4-8-25-19/h4-8,14-15H,9-13H2,1-3H3,(H2,26,27,30). The van der Waals surface area contributed by atoms with Crippen molar-refractivity contribution in [3.8, 4) is 0 Å². The Morgan fingerprint density at radius 1 is 1.27 bits per heavy atom. The third-order valence-electron chi connectivity index (χ3n) is 5.23. The lowest BCUT2D eigenvalue weighted by atomic mass is 9.94. The van der Waals surface area contributed by atoms with Crippen molar-refractivity contribution in [1.29, 1.82) is 0 Å². The number of piperidine rings is 1. The molecule has 1 aliphatic heterocycles. The normalized spacial score (nSPS) is 19.9. The number of carbonyl (C=O) groups is 1. The number of fused-ring (bicyclic) bond motifs is 1. The number of hydrogen-bond acceptors (Lipinski definition) is 4. The molecule has 9 heteroatoms. The molecule has 3 rings (SSSR count). The lowest BCUT2D eigenvalue weighted by Crippen LogP contribution is -2.53. The number of nitrogens with zero attached hydrogens (tertiary/aromatic N) is 3. The molecule has 2 unspecified atom stereocenters. The molecule has 1 saturated heterocycles. The van der Waals surface area contributed by atoms with E-state index in [9.17, 15) is 18.0 Å². The third kappa shape index (κ3) is 5.33. The second kappa shape index (κ2) is 9.07. The molecule has 0 aliphatic carbocycles. The zero-order valence-electron chi connectivity index (χ0n) is 17.5. The lowest BCUT2D eigenvalue weighted by molar-refractivity contribution is -0.136. The van der Waals surface area contributed by atoms with Crippen molar-refractivity contribution in [2.24, 2.45) is 5.92 Å². The first-order valence-electron chi connectivity index (χ1n) is 10.0. The average Bonchev–Trinajstić information content (AvgIpc) is 2.65. The van der Waals surface area contributed by atoms with E-state index < -0.39 is 11.7 Å². The Bertz CT molecular complexity index is 887. The number of halogens is 3. The van der Waals surface area contributed by atoms with Gasteiger partial charge in [-0.1, -0.05) is 6.92 Å². The Balaban J connectivity index is 1.79. The molecule has 1 aromatic heterocycles. The van der Waals surface area contributed by atoms with Gasteiger partial charge < -0.3 is 20.4 Å². The van der Waals surface area contributed by atoms with Gasteiger partial charge in [-0.05, 0) is 50.7 Å². The van der Waals surface area contributed by atoms with Gasteiger partial charge in [-0.25, -0.2) is 4.79 Å². The van der Waals surface area contributed by atoms with Crippen LogP contribution in [0, 0.1) is 5.92 Å². The quantitative estimate of drug-likeness (QED) is 0.775. The number of benzene rings is 1. The third-order valence-corrected chi connectivity index (χ3v) is 5.23. The summed E-state index contributed by atoms with van der Waals surface area (Å²) < 4.78 is 40.2. The zero-order chi connectivity index (χ0) is 21.9. The van der Waals surface area contributed by atoms with Crippen molar-refractivity contribution < 1.29 is 18.0 Å². The Hall–Kier alpha value is -2.55. The fourth-order valence-corrected chi connectivity index (χ4v) is 3.94. The molecule has 6 nitrogen and oxygen atoms in total. The van der Waals surface area contributed by atoms with Crippen LogP contribution in [0.4, 0.5) is 23.7 Å². The Morgan fingerprint density at radius 3 is 2.73 bits per heavy atom. The second-order valence-electron chi connectivity index (χ2n) is 8.18. The molecule has 2 atom stereocenters. The predicted octanol–water partition coefficient (Wildman–Crippen LogP) is 3.33. The van der Waals surface area contributed by atoms with Gasteiger partial charge in [0, 0.05) is 49.5 Å². The topological polar surface area (TPSA) is 60.5 Å². The molecule has 0 saturated carbocycles. The van der Waals surface area contributed by atoms with Crippen molar-refractivity contribution in [2.45, 2.75) is 25.6 Å². The molecular formula is C21H28F3N5O. The Morgan fingerprint density at radius 2 is 2.03 bits per heavy atom. The largest absolute Gasteiger partial charge is 0.418 e. The maximum Gasteiger partial charge on any atom is 0.418 e. The number of anilines is 1. The van der Waals surface area contributed by atoms with Crippen molar-refractivity contribution in [2.75, 3.05) is 45.2 Å². The number of rotatable bonds is 5. The number of carbonyl (C=O) groups excluding carboxylic acids is 1. The number of amides is 2. The first kappa shape index (κ1) is 22.1. The number of nitrogens with one attached hydrogen (secondary N) is 2. The fourth-order valence-electron chi connectivity index (χ4n) is 3.94. The van der Waals surface area contributed by atoms with Crippen LogP contribution in [0.5, 0.6) is 0 Å². The van der Waals surface area contributed by atoms with Gasteiger partial charge in [0.05, 0.1) is 11.1 Å². The maximum absolute atomic E-state index is 13.4. The van der Waals surface area contributed by atoms with E-state index in [-0.39, 0.29) is 23.5 Å². The van der Waals surface area contributed by atoms with Crippen LogP contribution in [0.25, 0.3) is 10.9 Å². The minimum Gasteiger partial charge on any atom is -0.369 e. The number of aromatic nitrogens is 1. The van der Waals surface area contributed by atoms with Crippen molar-refractivity contribution in [3.63, 3.8) is 0 Å². The smallest absolute Gasteiger partial charge is 0.369 e. The van der Waals surface area contributed by atoms with Gasteiger partial charge in [0.15, 0.2) is 0 Å². The average molecular weight is 423 g/mol. The summed E-state index contributed by atoms with van der Waals surface area (Å²) in [6.45, 7) is 4.59. The molecule has 1 aromatic carbocycles. The highest BCUT2D eigenvalue weighted by molar-refractivity contribution is 5.94. The second-order valence-corrected chi connectivity index (χ2v) is 8.18. The zero-order valence-corrected chi connectivity index (χ0v) is 17.5. The van der Waals surface area contributed by atoms with Gasteiger partial charge in [0.25, 0.3) is 0 Å². The van der Waals surface area contributed by atoms with Crippen LogP contribution in [0.3, 0.4) is 0 Å². The van der Waals surface area contributed by atoms with Gasteiger partial charge in [-0.15, -0.1) is 0 Å². The van der Waals surface area contributed by atoms with Crippen LogP contribution in [0.1, 0.15) is 18.9 Å². The van der Waals surface area contributed by atoms with E-state index in [2.05, 4.69) is 22.5 Å². The molecule has 2 amide bonds. The van der Waals surface area contributed by atoms with E-state index in [1.54, 1.807) is 12.1 Å². The molecular weight excluding hydrogens is 395 g/mol. The van der Waals surface area contributed by atoms with E-state index in [0.717, 1.165) is 19.0 Å². The van der Waals surface area contributed by atoms with Gasteiger partial charge in [-0.3, -0.25) is 4.98 Å². The summed E-state index contributed by atoms with van der Waals surface area (Å²) in [5.74, 6) is 0.278. The minimum atomic E-state index is -4.46. The maximum atomic E-state index is 13.4. The van der Waals surface area contributed by atoms with Gasteiger partial charge >= 0.3 is 12.2 Å². The van der Waals surface area contributed by atoms with Crippen molar-refractivity contribution in [1.82, 2.24) is 20.5 Å². The number of pyridine rings is 1. The highest BCUT2D eigenvalue weighted by atomic mass is 19.4. The lowest BCUT2D eigenvalue weighted by Gasteiger charge is -2.38. The van der Waals surface area contributed by atoms with Crippen LogP contribution in [-0.2, 0) is 6.18 Å². The van der Waals surface area contributed by atoms with E-state index in [0.29, 0.717) is 30.7 Å². The van der Waals surface area contributed by atoms with E-state index in [1.807, 2.05) is 23.9 Å². The molecule has 1 fully saturated rings. The molecule has 2 N–H and O–H groups in total. The van der Waals surface area contributed by atoms with Crippen LogP contribution in [0.2, 0.25) is 0 Å². The summed E-state index contributed by atoms with van der Waals surface area (Å²) in [5.41, 5.74) is -0.0778. The van der Waals surface area contributed by atoms with Crippen LogP contribution in [-0.4, -0.2) is 62.2 Å². The number of alkyl halides is 3. The minimum absolute atomic E-state index is 0.0494. The Labute approximate surface area is 174 Å². The van der Waals surface area contributed by atoms with Crippen LogP contribution < -0.4 is 15.5 Å². The molecule has 164 valence electrons. The first-order valence-corrected chi connectivity index (χ1v) is 10.0. The van der Waals surface area contributed by atoms with Crippen molar-refractivity contribution >= 4 is 22.6 Å². The summed E-state index contributed by atoms with van der Waals surface area (Å²) in [6, 6.07) is 5.60. The molecule has 2 aromatic rings. The van der Waals surface area contributed by atoms with Gasteiger partial charge in [-0.2, -0.15) is 13.2 Å². The molecule has 0 spiro atoms. The molecule has 1 aliphatic rings. The van der Waals surface area contributed by atoms with Crippen LogP contribution in [0.15, 0.2) is 30.5 Å². The van der Waals surface area contributed by atoms with Gasteiger partial charge in [0.1, 0.15) is 0 Å². The molecule has 2 heterocycles. The predicted molar refractivity (Wildman–Crippen MR) is 112 cm³/mol. The first-order chi connectivity index (χ1) is 14.1. The van der Waals surface area contributed by atoms with E-state index in [1.165, 1.54) is 12.3 Å². The summed E-state index contributed by atoms with van der Waals surface area (Å²) >= 11 is 0. The molecule has 30 heavy (non-hydrogen) atoms. The van der Waals surface area contributed by atoms with Crippen LogP contribution >= 0.6 is 0 Å². The van der Waals surface area contributed by atoms with E-state index >= 15 is 0 Å². The SMILES string of the molecule is CC1CC(NC(=O)NCCN(C)C)CN(c2ccc(C(F)(F)F)c3ncccc23)C1. The van der Waals surface area contributed by atoms with E-state index in [4.69, 9.17) is 0 Å². The number of hydrogen-bond donors (Lipinski definition) is 2. The molecule has 0 radical (unpaired) electrons. The monoisotopic (exact) mass is 423 g/mol. The highest BCUT2D eigenvalue weighted by Crippen LogP contribution is 2.38. The number of likely N-dealkylation sites (N-methyl/N-ethyl adjacent to an activating group) is 1.